The second kappa shape index (κ2) is 10.1. The molecule has 3 aromatic heterocycles. The summed E-state index contributed by atoms with van der Waals surface area (Å²) in [5.41, 5.74) is 4.05. The molecule has 9 nitrogen and oxygen atoms in total. The number of nitrogens with one attached hydrogen (secondary N) is 1. The van der Waals surface area contributed by atoms with Gasteiger partial charge in [-0.25, -0.2) is 9.50 Å². The Labute approximate surface area is 242 Å². The number of fused-ring (bicyclic) bond motifs is 3. The Bertz CT molecular complexity index is 1570. The summed E-state index contributed by atoms with van der Waals surface area (Å²) in [6.45, 7) is 7.28. The molecule has 0 radical (unpaired) electrons. The predicted octanol–water partition coefficient (Wildman–Crippen LogP) is 3.98. The van der Waals surface area contributed by atoms with E-state index in [-0.39, 0.29) is 66.5 Å². The first-order valence-corrected chi connectivity index (χ1v) is 13.0. The van der Waals surface area contributed by atoms with Gasteiger partial charge in [0.25, 0.3) is 0 Å². The molecular weight excluding hydrogens is 563 g/mol. The van der Waals surface area contributed by atoms with Gasteiger partial charge in [-0.15, -0.1) is 24.8 Å². The number of amides is 2. The van der Waals surface area contributed by atoms with Crippen LogP contribution in [0.3, 0.4) is 0 Å². The molecule has 3 atom stereocenters. The van der Waals surface area contributed by atoms with Crippen LogP contribution in [-0.2, 0) is 27.4 Å². The molecule has 206 valence electrons. The second-order valence-corrected chi connectivity index (χ2v) is 11.3. The van der Waals surface area contributed by atoms with E-state index in [1.807, 2.05) is 38.2 Å². The molecule has 12 heteroatoms. The molecule has 1 aromatic carbocycles. The van der Waals surface area contributed by atoms with Gasteiger partial charge in [-0.1, -0.05) is 25.4 Å². The van der Waals surface area contributed by atoms with Crippen LogP contribution in [-0.4, -0.2) is 61.7 Å². The number of aromatic nitrogens is 4. The molecule has 3 fully saturated rings. The quantitative estimate of drug-likeness (QED) is 0.353. The van der Waals surface area contributed by atoms with Crippen molar-refractivity contribution in [1.82, 2.24) is 29.4 Å². The Morgan fingerprint density at radius 3 is 2.64 bits per heavy atom. The number of hydrogen-bond donors (Lipinski definition) is 1. The standard InChI is InChI=1S/C27H27ClN6O3.2ClH/c1-27(2)21-22(27)26(36)33(25(21)35)11-15-7-20-23(30-14-31-34(20)12-15)19-9-17(28)8-16-3-5-32(24(16)19)13-18-10-29-4-6-37-18;;/h3,5,7-9,12,14,18,21-22,29H,4,6,10-11,13H2,1-2H3;2*1H. The fourth-order valence-corrected chi connectivity index (χ4v) is 6.45. The van der Waals surface area contributed by atoms with Crippen molar-refractivity contribution in [3.05, 3.63) is 53.6 Å². The molecule has 1 saturated carbocycles. The van der Waals surface area contributed by atoms with Gasteiger partial charge in [0, 0.05) is 41.5 Å². The molecule has 7 rings (SSSR count). The number of nitrogens with zero attached hydrogens (tertiary/aromatic N) is 5. The van der Waals surface area contributed by atoms with Gasteiger partial charge in [0.15, 0.2) is 0 Å². The third-order valence-corrected chi connectivity index (χ3v) is 8.40. The summed E-state index contributed by atoms with van der Waals surface area (Å²) < 4.78 is 9.89. The SMILES string of the molecule is CC1(C)C2C(=O)N(Cc3cc4c(-c5cc(Cl)cc6ccn(CC7CNCCO7)c56)ncnn4c3)C(=O)C21.Cl.Cl. The predicted molar refractivity (Wildman–Crippen MR) is 152 cm³/mol. The first-order valence-electron chi connectivity index (χ1n) is 12.6. The van der Waals surface area contributed by atoms with Gasteiger partial charge >= 0.3 is 0 Å². The maximum Gasteiger partial charge on any atom is 0.233 e. The molecular formula is C27H29Cl3N6O3. The molecule has 2 amide bonds. The molecule has 2 saturated heterocycles. The van der Waals surface area contributed by atoms with Crippen LogP contribution < -0.4 is 5.32 Å². The van der Waals surface area contributed by atoms with Gasteiger partial charge in [-0.3, -0.25) is 14.5 Å². The average molecular weight is 592 g/mol. The molecule has 3 unspecified atom stereocenters. The number of hydrogen-bond acceptors (Lipinski definition) is 6. The van der Waals surface area contributed by atoms with E-state index < -0.39 is 0 Å². The Kier molecular flexibility index (Phi) is 7.18. The topological polar surface area (TPSA) is 93.8 Å². The van der Waals surface area contributed by atoms with Crippen molar-refractivity contribution in [2.75, 3.05) is 19.7 Å². The van der Waals surface area contributed by atoms with Gasteiger partial charge < -0.3 is 14.6 Å². The monoisotopic (exact) mass is 590 g/mol. The summed E-state index contributed by atoms with van der Waals surface area (Å²) in [6, 6.07) is 7.90. The van der Waals surface area contributed by atoms with Crippen molar-refractivity contribution in [2.45, 2.75) is 33.0 Å². The largest absolute Gasteiger partial charge is 0.374 e. The number of benzene rings is 1. The minimum atomic E-state index is -0.222. The van der Waals surface area contributed by atoms with E-state index in [2.05, 4.69) is 32.2 Å². The number of halogens is 3. The third kappa shape index (κ3) is 4.40. The maximum absolute atomic E-state index is 12.9. The van der Waals surface area contributed by atoms with Gasteiger partial charge in [0.1, 0.15) is 6.33 Å². The lowest BCUT2D eigenvalue weighted by Crippen LogP contribution is -2.40. The number of morpholine rings is 1. The Morgan fingerprint density at radius 2 is 1.92 bits per heavy atom. The van der Waals surface area contributed by atoms with Crippen molar-refractivity contribution in [3.8, 4) is 11.3 Å². The van der Waals surface area contributed by atoms with Crippen LogP contribution >= 0.6 is 36.4 Å². The zero-order chi connectivity index (χ0) is 25.5. The van der Waals surface area contributed by atoms with Crippen molar-refractivity contribution in [1.29, 1.82) is 0 Å². The molecule has 0 spiro atoms. The average Bonchev–Trinajstić information content (AvgIpc) is 3.23. The number of likely N-dealkylation sites (tertiary alicyclic amines) is 1. The lowest BCUT2D eigenvalue weighted by Gasteiger charge is -2.24. The summed E-state index contributed by atoms with van der Waals surface area (Å²) >= 11 is 6.54. The number of carbonyl (C=O) groups is 2. The van der Waals surface area contributed by atoms with Crippen LogP contribution in [0.15, 0.2) is 43.0 Å². The van der Waals surface area contributed by atoms with Crippen molar-refractivity contribution < 1.29 is 14.3 Å². The van der Waals surface area contributed by atoms with Crippen LogP contribution in [0.2, 0.25) is 5.02 Å². The lowest BCUT2D eigenvalue weighted by atomic mass is 10.1. The number of imide groups is 1. The highest BCUT2D eigenvalue weighted by atomic mass is 35.5. The van der Waals surface area contributed by atoms with Crippen LogP contribution in [0.4, 0.5) is 0 Å². The van der Waals surface area contributed by atoms with E-state index in [0.29, 0.717) is 18.2 Å². The second-order valence-electron chi connectivity index (χ2n) is 10.9. The lowest BCUT2D eigenvalue weighted by molar-refractivity contribution is -0.143. The molecule has 4 aromatic rings. The fourth-order valence-electron chi connectivity index (χ4n) is 6.22. The molecule has 2 aliphatic heterocycles. The minimum Gasteiger partial charge on any atom is -0.374 e. The van der Waals surface area contributed by atoms with Crippen molar-refractivity contribution >= 4 is 64.6 Å². The summed E-state index contributed by atoms with van der Waals surface area (Å²) in [5.74, 6) is -0.530. The number of piperidine rings is 1. The normalized spacial score (nSPS) is 23.6. The Hall–Kier alpha value is -2.69. The maximum atomic E-state index is 12.9. The smallest absolute Gasteiger partial charge is 0.233 e. The minimum absolute atomic E-state index is 0. The van der Waals surface area contributed by atoms with Crippen LogP contribution in [0, 0.1) is 17.3 Å². The molecule has 1 N–H and O–H groups in total. The Balaban J connectivity index is 0.00000154. The van der Waals surface area contributed by atoms with Gasteiger partial charge in [-0.2, -0.15) is 5.10 Å². The zero-order valence-electron chi connectivity index (χ0n) is 21.5. The van der Waals surface area contributed by atoms with E-state index >= 15 is 0 Å². The number of carbonyl (C=O) groups excluding carboxylic acids is 2. The molecule has 39 heavy (non-hydrogen) atoms. The zero-order valence-corrected chi connectivity index (χ0v) is 23.9. The fraction of sp³-hybridized carbons (Fsp3) is 0.407. The van der Waals surface area contributed by atoms with Gasteiger partial charge in [0.2, 0.25) is 11.8 Å². The highest BCUT2D eigenvalue weighted by Crippen LogP contribution is 2.63. The van der Waals surface area contributed by atoms with E-state index in [4.69, 9.17) is 16.3 Å². The van der Waals surface area contributed by atoms with Crippen LogP contribution in [0.25, 0.3) is 27.7 Å². The summed E-state index contributed by atoms with van der Waals surface area (Å²) in [7, 11) is 0. The van der Waals surface area contributed by atoms with E-state index in [9.17, 15) is 9.59 Å². The summed E-state index contributed by atoms with van der Waals surface area (Å²) in [6.07, 6.45) is 5.51. The van der Waals surface area contributed by atoms with E-state index in [0.717, 1.165) is 46.3 Å². The summed E-state index contributed by atoms with van der Waals surface area (Å²) in [4.78, 5) is 31.8. The highest BCUT2D eigenvalue weighted by Gasteiger charge is 2.72. The van der Waals surface area contributed by atoms with Crippen molar-refractivity contribution in [2.24, 2.45) is 17.3 Å². The van der Waals surface area contributed by atoms with Gasteiger partial charge in [-0.05, 0) is 35.2 Å². The summed E-state index contributed by atoms with van der Waals surface area (Å²) in [5, 5.41) is 9.43. The van der Waals surface area contributed by atoms with Crippen molar-refractivity contribution in [3.63, 3.8) is 0 Å². The first kappa shape index (κ1) is 27.9. The molecule has 3 aliphatic rings. The Morgan fingerprint density at radius 1 is 1.15 bits per heavy atom. The highest BCUT2D eigenvalue weighted by molar-refractivity contribution is 6.32. The number of rotatable bonds is 5. The van der Waals surface area contributed by atoms with Crippen LogP contribution in [0.1, 0.15) is 19.4 Å². The number of ether oxygens (including phenoxy) is 1. The molecule has 1 aliphatic carbocycles. The van der Waals surface area contributed by atoms with Gasteiger partial charge in [0.05, 0.1) is 54.4 Å². The molecule has 0 bridgehead atoms. The molecule has 5 heterocycles. The third-order valence-electron chi connectivity index (χ3n) is 8.18. The van der Waals surface area contributed by atoms with Crippen LogP contribution in [0.5, 0.6) is 0 Å². The van der Waals surface area contributed by atoms with E-state index in [1.165, 1.54) is 11.2 Å². The van der Waals surface area contributed by atoms with E-state index in [1.54, 1.807) is 4.52 Å². The first-order chi connectivity index (χ1) is 17.8.